The monoisotopic (exact) mass is 384 g/mol. The predicted octanol–water partition coefficient (Wildman–Crippen LogP) is 3.44. The number of benzene rings is 2. The third-order valence-electron chi connectivity index (χ3n) is 3.53. The van der Waals surface area contributed by atoms with Gasteiger partial charge in [-0.1, -0.05) is 36.2 Å². The number of hydrogen-bond donors (Lipinski definition) is 1. The van der Waals surface area contributed by atoms with Gasteiger partial charge in [0, 0.05) is 12.2 Å². The molecular formula is C17H18ClFN2O3S. The number of amides is 1. The normalized spacial score (nSPS) is 11.6. The highest BCUT2D eigenvalue weighted by Crippen LogP contribution is 2.20. The van der Waals surface area contributed by atoms with Gasteiger partial charge >= 0.3 is 0 Å². The maximum atomic E-state index is 13.1. The molecule has 2 aromatic carbocycles. The van der Waals surface area contributed by atoms with E-state index in [2.05, 4.69) is 5.32 Å². The number of likely N-dealkylation sites (N-methyl/N-ethyl adjacent to an activating group) is 1. The van der Waals surface area contributed by atoms with Gasteiger partial charge in [-0.2, -0.15) is 4.31 Å². The summed E-state index contributed by atoms with van der Waals surface area (Å²) in [4.78, 5) is 12.3. The Morgan fingerprint density at radius 3 is 2.40 bits per heavy atom. The van der Waals surface area contributed by atoms with Crippen molar-refractivity contribution < 1.29 is 17.6 Å². The molecule has 0 saturated carbocycles. The maximum Gasteiger partial charge on any atom is 0.243 e. The van der Waals surface area contributed by atoms with Gasteiger partial charge in [-0.3, -0.25) is 4.79 Å². The van der Waals surface area contributed by atoms with Crippen molar-refractivity contribution >= 4 is 33.2 Å². The lowest BCUT2D eigenvalue weighted by molar-refractivity contribution is -0.116. The summed E-state index contributed by atoms with van der Waals surface area (Å²) in [6, 6.07) is 10.1. The standard InChI is InChI=1S/C17H18ClFN2O3S/c1-3-21(25(23,24)14-7-4-12(2)5-8-14)11-17(22)20-13-6-9-16(19)15(18)10-13/h4-10H,3,11H2,1-2H3,(H,20,22). The molecule has 1 amide bonds. The van der Waals surface area contributed by atoms with E-state index in [9.17, 15) is 17.6 Å². The summed E-state index contributed by atoms with van der Waals surface area (Å²) in [5.41, 5.74) is 1.23. The van der Waals surface area contributed by atoms with E-state index in [-0.39, 0.29) is 23.0 Å². The first-order valence-corrected chi connectivity index (χ1v) is 9.37. The quantitative estimate of drug-likeness (QED) is 0.829. The number of nitrogens with zero attached hydrogens (tertiary/aromatic N) is 1. The van der Waals surface area contributed by atoms with Gasteiger partial charge in [-0.05, 0) is 37.3 Å². The number of carbonyl (C=O) groups excluding carboxylic acids is 1. The van der Waals surface area contributed by atoms with E-state index in [1.165, 1.54) is 24.3 Å². The molecule has 0 saturated heterocycles. The molecule has 0 fully saturated rings. The van der Waals surface area contributed by atoms with Crippen LogP contribution >= 0.6 is 11.6 Å². The first kappa shape index (κ1) is 19.4. The average molecular weight is 385 g/mol. The molecule has 0 heterocycles. The number of sulfonamides is 1. The lowest BCUT2D eigenvalue weighted by Crippen LogP contribution is -2.37. The average Bonchev–Trinajstić information content (AvgIpc) is 2.56. The van der Waals surface area contributed by atoms with Gasteiger partial charge in [-0.25, -0.2) is 12.8 Å². The first-order valence-electron chi connectivity index (χ1n) is 7.55. The fraction of sp³-hybridized carbons (Fsp3) is 0.235. The molecule has 8 heteroatoms. The van der Waals surface area contributed by atoms with Crippen LogP contribution in [0.3, 0.4) is 0 Å². The van der Waals surface area contributed by atoms with E-state index in [4.69, 9.17) is 11.6 Å². The summed E-state index contributed by atoms with van der Waals surface area (Å²) in [7, 11) is -3.78. The van der Waals surface area contributed by atoms with E-state index >= 15 is 0 Å². The maximum absolute atomic E-state index is 13.1. The minimum atomic E-state index is -3.78. The van der Waals surface area contributed by atoms with Crippen molar-refractivity contribution in [3.05, 3.63) is 58.9 Å². The third-order valence-corrected chi connectivity index (χ3v) is 5.76. The fourth-order valence-electron chi connectivity index (χ4n) is 2.16. The Morgan fingerprint density at radius 2 is 1.84 bits per heavy atom. The van der Waals surface area contributed by atoms with E-state index in [1.807, 2.05) is 6.92 Å². The summed E-state index contributed by atoms with van der Waals surface area (Å²) in [6.07, 6.45) is 0. The number of rotatable bonds is 6. The van der Waals surface area contributed by atoms with Crippen LogP contribution in [-0.2, 0) is 14.8 Å². The largest absolute Gasteiger partial charge is 0.325 e. The Balaban J connectivity index is 2.13. The highest BCUT2D eigenvalue weighted by Gasteiger charge is 2.25. The van der Waals surface area contributed by atoms with Crippen LogP contribution in [0.2, 0.25) is 5.02 Å². The number of halogens is 2. The van der Waals surface area contributed by atoms with Crippen molar-refractivity contribution in [3.8, 4) is 0 Å². The van der Waals surface area contributed by atoms with E-state index in [0.29, 0.717) is 5.69 Å². The van der Waals surface area contributed by atoms with Gasteiger partial charge in [-0.15, -0.1) is 0 Å². The summed E-state index contributed by atoms with van der Waals surface area (Å²) in [5, 5.41) is 2.38. The van der Waals surface area contributed by atoms with Crippen LogP contribution in [-0.4, -0.2) is 31.7 Å². The summed E-state index contributed by atoms with van der Waals surface area (Å²) < 4.78 is 39.5. The van der Waals surface area contributed by atoms with Crippen LogP contribution < -0.4 is 5.32 Å². The summed E-state index contributed by atoms with van der Waals surface area (Å²) in [5.74, 6) is -1.14. The smallest absolute Gasteiger partial charge is 0.243 e. The summed E-state index contributed by atoms with van der Waals surface area (Å²) in [6.45, 7) is 3.28. The molecule has 0 spiro atoms. The van der Waals surface area contributed by atoms with Gasteiger partial charge < -0.3 is 5.32 Å². The van der Waals surface area contributed by atoms with Crippen molar-refractivity contribution in [3.63, 3.8) is 0 Å². The van der Waals surface area contributed by atoms with Gasteiger partial charge in [0.25, 0.3) is 0 Å². The number of aryl methyl sites for hydroxylation is 1. The molecule has 2 aromatic rings. The lowest BCUT2D eigenvalue weighted by atomic mass is 10.2. The van der Waals surface area contributed by atoms with Crippen molar-refractivity contribution in [1.82, 2.24) is 4.31 Å². The minimum absolute atomic E-state index is 0.123. The molecule has 134 valence electrons. The van der Waals surface area contributed by atoms with Crippen LogP contribution in [0.25, 0.3) is 0 Å². The Labute approximate surface area is 151 Å². The molecule has 0 aromatic heterocycles. The van der Waals surface area contributed by atoms with Gasteiger partial charge in [0.15, 0.2) is 0 Å². The Kier molecular flexibility index (Phi) is 6.16. The molecule has 1 N–H and O–H groups in total. The second-order valence-electron chi connectivity index (χ2n) is 5.42. The van der Waals surface area contributed by atoms with Gasteiger partial charge in [0.05, 0.1) is 16.5 Å². The molecule has 0 radical (unpaired) electrons. The SMILES string of the molecule is CCN(CC(=O)Nc1ccc(F)c(Cl)c1)S(=O)(=O)c1ccc(C)cc1. The summed E-state index contributed by atoms with van der Waals surface area (Å²) >= 11 is 5.66. The number of hydrogen-bond acceptors (Lipinski definition) is 3. The molecule has 25 heavy (non-hydrogen) atoms. The number of carbonyl (C=O) groups is 1. The Hall–Kier alpha value is -1.96. The van der Waals surface area contributed by atoms with Crippen molar-refractivity contribution in [2.24, 2.45) is 0 Å². The molecule has 0 aliphatic heterocycles. The zero-order chi connectivity index (χ0) is 18.6. The minimum Gasteiger partial charge on any atom is -0.325 e. The number of anilines is 1. The van der Waals surface area contributed by atoms with Crippen molar-refractivity contribution in [2.45, 2.75) is 18.7 Å². The topological polar surface area (TPSA) is 66.5 Å². The third kappa shape index (κ3) is 4.78. The molecular weight excluding hydrogens is 367 g/mol. The number of nitrogens with one attached hydrogen (secondary N) is 1. The van der Waals surface area contributed by atoms with Crippen LogP contribution in [0.4, 0.5) is 10.1 Å². The Bertz CT molecular complexity index is 870. The van der Waals surface area contributed by atoms with Crippen molar-refractivity contribution in [2.75, 3.05) is 18.4 Å². The molecule has 0 atom stereocenters. The second kappa shape index (κ2) is 7.95. The Morgan fingerprint density at radius 1 is 1.20 bits per heavy atom. The zero-order valence-corrected chi connectivity index (χ0v) is 15.4. The fourth-order valence-corrected chi connectivity index (χ4v) is 3.75. The molecule has 0 aliphatic rings. The highest BCUT2D eigenvalue weighted by molar-refractivity contribution is 7.89. The molecule has 2 rings (SSSR count). The van der Waals surface area contributed by atoms with Gasteiger partial charge in [0.1, 0.15) is 5.82 Å². The molecule has 5 nitrogen and oxygen atoms in total. The lowest BCUT2D eigenvalue weighted by Gasteiger charge is -2.20. The van der Waals surface area contributed by atoms with Crippen molar-refractivity contribution in [1.29, 1.82) is 0 Å². The highest BCUT2D eigenvalue weighted by atomic mass is 35.5. The predicted molar refractivity (Wildman–Crippen MR) is 95.7 cm³/mol. The van der Waals surface area contributed by atoms with E-state index in [0.717, 1.165) is 15.9 Å². The zero-order valence-electron chi connectivity index (χ0n) is 13.8. The molecule has 0 unspecified atom stereocenters. The van der Waals surface area contributed by atoms with Crippen LogP contribution in [0.1, 0.15) is 12.5 Å². The second-order valence-corrected chi connectivity index (χ2v) is 7.77. The molecule has 0 aliphatic carbocycles. The van der Waals surface area contributed by atoms with Crippen LogP contribution in [0.15, 0.2) is 47.4 Å². The first-order chi connectivity index (χ1) is 11.7. The van der Waals surface area contributed by atoms with Crippen LogP contribution in [0, 0.1) is 12.7 Å². The van der Waals surface area contributed by atoms with Gasteiger partial charge in [0.2, 0.25) is 15.9 Å². The van der Waals surface area contributed by atoms with E-state index in [1.54, 1.807) is 19.1 Å². The van der Waals surface area contributed by atoms with E-state index < -0.39 is 21.7 Å². The van der Waals surface area contributed by atoms with Crippen LogP contribution in [0.5, 0.6) is 0 Å². The molecule has 0 bridgehead atoms.